The largest absolute Gasteiger partial charge is 0.376 e. The summed E-state index contributed by atoms with van der Waals surface area (Å²) in [5, 5.41) is 10.2. The molecule has 4 rings (SSSR count). The van der Waals surface area contributed by atoms with Crippen molar-refractivity contribution in [2.45, 2.75) is 83.8 Å². The molecule has 184 valence electrons. The Morgan fingerprint density at radius 1 is 1.24 bits per heavy atom. The van der Waals surface area contributed by atoms with Gasteiger partial charge in [-0.15, -0.1) is 11.3 Å². The fraction of sp³-hybridized carbons (Fsp3) is 0.577. The van der Waals surface area contributed by atoms with Gasteiger partial charge < -0.3 is 16.0 Å². The second-order valence-electron chi connectivity index (χ2n) is 10.0. The minimum atomic E-state index is -0.479. The van der Waals surface area contributed by atoms with E-state index in [0.717, 1.165) is 48.4 Å². The lowest BCUT2D eigenvalue weighted by molar-refractivity contribution is -0.124. The molecule has 2 aliphatic carbocycles. The van der Waals surface area contributed by atoms with E-state index in [4.69, 9.17) is 11.6 Å². The van der Waals surface area contributed by atoms with Gasteiger partial charge in [0.05, 0.1) is 27.3 Å². The van der Waals surface area contributed by atoms with E-state index in [1.807, 2.05) is 32.0 Å². The van der Waals surface area contributed by atoms with Gasteiger partial charge >= 0.3 is 0 Å². The highest BCUT2D eigenvalue weighted by Crippen LogP contribution is 2.31. The summed E-state index contributed by atoms with van der Waals surface area (Å²) in [5.41, 5.74) is 1.74. The predicted molar refractivity (Wildman–Crippen MR) is 138 cm³/mol. The first-order chi connectivity index (χ1) is 16.3. The van der Waals surface area contributed by atoms with Crippen LogP contribution in [0.5, 0.6) is 0 Å². The molecule has 2 heterocycles. The van der Waals surface area contributed by atoms with E-state index in [1.165, 1.54) is 24.2 Å². The molecule has 0 radical (unpaired) electrons. The van der Waals surface area contributed by atoms with Crippen LogP contribution in [0, 0.1) is 18.8 Å². The zero-order chi connectivity index (χ0) is 24.2. The molecule has 0 spiro atoms. The number of anilines is 1. The molecule has 2 amide bonds. The molecule has 2 unspecified atom stereocenters. The van der Waals surface area contributed by atoms with Crippen LogP contribution in [-0.4, -0.2) is 28.9 Å². The second-order valence-corrected chi connectivity index (χ2v) is 11.6. The quantitative estimate of drug-likeness (QED) is 0.400. The van der Waals surface area contributed by atoms with Crippen LogP contribution in [-0.2, 0) is 4.79 Å². The number of aryl methyl sites for hydroxylation is 1. The summed E-state index contributed by atoms with van der Waals surface area (Å²) in [5.74, 6) is 0.964. The zero-order valence-electron chi connectivity index (χ0n) is 20.2. The summed E-state index contributed by atoms with van der Waals surface area (Å²) in [6.07, 6.45) is 9.12. The number of hydrogen-bond donors (Lipinski definition) is 3. The summed E-state index contributed by atoms with van der Waals surface area (Å²) in [6, 6.07) is 5.42. The molecular weight excluding hydrogens is 468 g/mol. The average Bonchev–Trinajstić information content (AvgIpc) is 3.47. The first-order valence-corrected chi connectivity index (χ1v) is 13.6. The normalized spacial score (nSPS) is 22.0. The van der Waals surface area contributed by atoms with E-state index in [2.05, 4.69) is 27.9 Å². The maximum atomic E-state index is 13.1. The Balaban J connectivity index is 1.39. The number of nitrogens with one attached hydrogen (secondary N) is 3. The summed E-state index contributed by atoms with van der Waals surface area (Å²) in [4.78, 5) is 32.1. The number of carbonyl (C=O) groups is 2. The minimum Gasteiger partial charge on any atom is -0.376 e. The van der Waals surface area contributed by atoms with E-state index in [9.17, 15) is 9.59 Å². The van der Waals surface area contributed by atoms with E-state index >= 15 is 0 Å². The Hall–Kier alpha value is -2.12. The lowest BCUT2D eigenvalue weighted by atomic mass is 9.81. The lowest BCUT2D eigenvalue weighted by Gasteiger charge is -2.34. The third-order valence-corrected chi connectivity index (χ3v) is 8.56. The number of halogens is 1. The number of pyridine rings is 1. The lowest BCUT2D eigenvalue weighted by Crippen LogP contribution is -2.53. The van der Waals surface area contributed by atoms with Crippen LogP contribution in [0.3, 0.4) is 0 Å². The average molecular weight is 503 g/mol. The minimum absolute atomic E-state index is 0.0105. The Morgan fingerprint density at radius 2 is 1.97 bits per heavy atom. The second kappa shape index (κ2) is 11.1. The van der Waals surface area contributed by atoms with Gasteiger partial charge in [0.15, 0.2) is 0 Å². The molecule has 2 fully saturated rings. The van der Waals surface area contributed by atoms with Crippen LogP contribution < -0.4 is 16.0 Å². The standard InChI is InChI=1S/C26H35ClN4O2S/c1-15-10-20(11-15)30-25(32)22(12-18-6-4-5-7-18)31-26(33)24-9-8-23(34-24)17(3)29-21-13-19(27)14-28-16(21)2/h8-9,13-15,17-18,20,22,29H,4-7,10-12H2,1-3H3,(H,30,32)(H,31,33). The van der Waals surface area contributed by atoms with E-state index in [0.29, 0.717) is 21.7 Å². The Bertz CT molecular complexity index is 1010. The van der Waals surface area contributed by atoms with Crippen LogP contribution in [0.2, 0.25) is 5.02 Å². The number of carbonyl (C=O) groups excluding carboxylic acids is 2. The molecular formula is C26H35ClN4O2S. The van der Waals surface area contributed by atoms with Crippen LogP contribution >= 0.6 is 22.9 Å². The van der Waals surface area contributed by atoms with Crippen LogP contribution in [0.25, 0.3) is 0 Å². The monoisotopic (exact) mass is 502 g/mol. The SMILES string of the molecule is Cc1ncc(Cl)cc1NC(C)c1ccc(C(=O)NC(CC2CCCC2)C(=O)NC2CC(C)C2)s1. The molecule has 2 aliphatic rings. The fourth-order valence-corrected chi connectivity index (χ4v) is 6.10. The first-order valence-electron chi connectivity index (χ1n) is 12.4. The molecule has 2 aromatic heterocycles. The Morgan fingerprint density at radius 3 is 2.68 bits per heavy atom. The van der Waals surface area contributed by atoms with Gasteiger partial charge in [-0.05, 0) is 63.1 Å². The fourth-order valence-electron chi connectivity index (χ4n) is 5.03. The molecule has 2 atom stereocenters. The van der Waals surface area contributed by atoms with Crippen molar-refractivity contribution in [1.82, 2.24) is 15.6 Å². The van der Waals surface area contributed by atoms with Gasteiger partial charge in [-0.25, -0.2) is 0 Å². The van der Waals surface area contributed by atoms with Gasteiger partial charge in [-0.1, -0.05) is 44.2 Å². The highest BCUT2D eigenvalue weighted by atomic mass is 35.5. The van der Waals surface area contributed by atoms with Gasteiger partial charge in [0, 0.05) is 17.1 Å². The van der Waals surface area contributed by atoms with Crippen LogP contribution in [0.15, 0.2) is 24.4 Å². The van der Waals surface area contributed by atoms with Crippen molar-refractivity contribution in [3.63, 3.8) is 0 Å². The van der Waals surface area contributed by atoms with Crippen LogP contribution in [0.1, 0.15) is 85.1 Å². The number of aromatic nitrogens is 1. The van der Waals surface area contributed by atoms with Crippen molar-refractivity contribution in [1.29, 1.82) is 0 Å². The summed E-state index contributed by atoms with van der Waals surface area (Å²) in [6.45, 7) is 6.18. The predicted octanol–water partition coefficient (Wildman–Crippen LogP) is 5.87. The van der Waals surface area contributed by atoms with Gasteiger partial charge in [0.25, 0.3) is 5.91 Å². The van der Waals surface area contributed by atoms with Crippen molar-refractivity contribution < 1.29 is 9.59 Å². The molecule has 6 nitrogen and oxygen atoms in total. The van der Waals surface area contributed by atoms with E-state index < -0.39 is 6.04 Å². The van der Waals surface area contributed by atoms with Crippen molar-refractivity contribution >= 4 is 40.4 Å². The molecule has 3 N–H and O–H groups in total. The van der Waals surface area contributed by atoms with Crippen molar-refractivity contribution in [2.75, 3.05) is 5.32 Å². The molecule has 2 aromatic rings. The molecule has 34 heavy (non-hydrogen) atoms. The van der Waals surface area contributed by atoms with Crippen LogP contribution in [0.4, 0.5) is 5.69 Å². The summed E-state index contributed by atoms with van der Waals surface area (Å²) < 4.78 is 0. The number of hydrogen-bond acceptors (Lipinski definition) is 5. The topological polar surface area (TPSA) is 83.1 Å². The molecule has 0 bridgehead atoms. The Kier molecular flexibility index (Phi) is 8.14. The van der Waals surface area contributed by atoms with Crippen molar-refractivity contribution in [3.05, 3.63) is 44.9 Å². The summed E-state index contributed by atoms with van der Waals surface area (Å²) in [7, 11) is 0. The van der Waals surface area contributed by atoms with Gasteiger partial charge in [-0.2, -0.15) is 0 Å². The molecule has 0 aromatic carbocycles. The molecule has 8 heteroatoms. The Labute approximate surface area is 211 Å². The maximum absolute atomic E-state index is 13.1. The van der Waals surface area contributed by atoms with Gasteiger partial charge in [0.1, 0.15) is 6.04 Å². The number of thiophene rings is 1. The summed E-state index contributed by atoms with van der Waals surface area (Å²) >= 11 is 7.54. The number of rotatable bonds is 9. The molecule has 2 saturated carbocycles. The van der Waals surface area contributed by atoms with Gasteiger partial charge in [-0.3, -0.25) is 14.6 Å². The van der Waals surface area contributed by atoms with E-state index in [-0.39, 0.29) is 23.9 Å². The third-order valence-electron chi connectivity index (χ3n) is 7.09. The van der Waals surface area contributed by atoms with Crippen molar-refractivity contribution in [3.8, 4) is 0 Å². The number of amides is 2. The van der Waals surface area contributed by atoms with Crippen molar-refractivity contribution in [2.24, 2.45) is 11.8 Å². The highest BCUT2D eigenvalue weighted by Gasteiger charge is 2.32. The smallest absolute Gasteiger partial charge is 0.262 e. The molecule has 0 aliphatic heterocycles. The van der Waals surface area contributed by atoms with E-state index in [1.54, 1.807) is 6.20 Å². The first kappa shape index (κ1) is 25.0. The number of nitrogens with zero attached hydrogens (tertiary/aromatic N) is 1. The molecule has 0 saturated heterocycles. The van der Waals surface area contributed by atoms with Gasteiger partial charge in [0.2, 0.25) is 5.91 Å². The highest BCUT2D eigenvalue weighted by molar-refractivity contribution is 7.14. The zero-order valence-corrected chi connectivity index (χ0v) is 21.8. The maximum Gasteiger partial charge on any atom is 0.262 e. The third kappa shape index (κ3) is 6.30.